The minimum atomic E-state index is -3.59. The molecule has 7 heteroatoms. The van der Waals surface area contributed by atoms with E-state index in [9.17, 15) is 13.2 Å². The fraction of sp³-hybridized carbons (Fsp3) is 0.562. The largest absolute Gasteiger partial charge is 0.491 e. The number of carbonyl (C=O) groups is 1. The third kappa shape index (κ3) is 6.58. The Balaban J connectivity index is 2.63. The van der Waals surface area contributed by atoms with E-state index in [-0.39, 0.29) is 23.5 Å². The summed E-state index contributed by atoms with van der Waals surface area (Å²) in [5.74, 6) is 0.575. The van der Waals surface area contributed by atoms with Crippen LogP contribution in [0.25, 0.3) is 0 Å². The van der Waals surface area contributed by atoms with Crippen molar-refractivity contribution in [1.29, 1.82) is 0 Å². The van der Waals surface area contributed by atoms with Crippen molar-refractivity contribution < 1.29 is 17.9 Å². The molecule has 130 valence electrons. The molecule has 1 aromatic rings. The lowest BCUT2D eigenvalue weighted by molar-refractivity contribution is -0.128. The van der Waals surface area contributed by atoms with Crippen LogP contribution in [-0.2, 0) is 14.8 Å². The van der Waals surface area contributed by atoms with Crippen molar-refractivity contribution in [3.05, 3.63) is 24.3 Å². The summed E-state index contributed by atoms with van der Waals surface area (Å²) < 4.78 is 32.4. The maximum absolute atomic E-state index is 12.2. The molecule has 1 amide bonds. The van der Waals surface area contributed by atoms with Gasteiger partial charge in [0.05, 0.1) is 11.0 Å². The number of amides is 1. The van der Waals surface area contributed by atoms with Gasteiger partial charge in [0.1, 0.15) is 5.75 Å². The monoisotopic (exact) mass is 342 g/mol. The highest BCUT2D eigenvalue weighted by Crippen LogP contribution is 2.16. The van der Waals surface area contributed by atoms with Crippen LogP contribution in [0.2, 0.25) is 0 Å². The molecule has 0 saturated heterocycles. The molecule has 0 spiro atoms. The van der Waals surface area contributed by atoms with Crippen molar-refractivity contribution in [2.24, 2.45) is 0 Å². The highest BCUT2D eigenvalue weighted by atomic mass is 32.2. The lowest BCUT2D eigenvalue weighted by atomic mass is 10.3. The topological polar surface area (TPSA) is 75.7 Å². The summed E-state index contributed by atoms with van der Waals surface area (Å²) >= 11 is 0. The van der Waals surface area contributed by atoms with Crippen molar-refractivity contribution in [3.8, 4) is 5.75 Å². The summed E-state index contributed by atoms with van der Waals surface area (Å²) in [5, 5.41) is 0. The van der Waals surface area contributed by atoms with Crippen molar-refractivity contribution >= 4 is 15.9 Å². The second kappa shape index (κ2) is 8.88. The fourth-order valence-electron chi connectivity index (χ4n) is 2.06. The van der Waals surface area contributed by atoms with Crippen LogP contribution in [0.15, 0.2) is 29.2 Å². The summed E-state index contributed by atoms with van der Waals surface area (Å²) in [6, 6.07) is 6.28. The Morgan fingerprint density at radius 3 is 2.30 bits per heavy atom. The summed E-state index contributed by atoms with van der Waals surface area (Å²) in [4.78, 5) is 13.2. The second-order valence-corrected chi connectivity index (χ2v) is 7.31. The van der Waals surface area contributed by atoms with Gasteiger partial charge < -0.3 is 9.64 Å². The Bertz CT molecular complexity index is 597. The molecule has 0 atom stereocenters. The van der Waals surface area contributed by atoms with Crippen LogP contribution in [0, 0.1) is 0 Å². The quantitative estimate of drug-likeness (QED) is 0.745. The van der Waals surface area contributed by atoms with Crippen molar-refractivity contribution in [2.75, 3.05) is 19.6 Å². The Kier molecular flexibility index (Phi) is 7.51. The molecule has 1 N–H and O–H groups in total. The number of hydrogen-bond acceptors (Lipinski definition) is 4. The number of ether oxygens (including phenoxy) is 1. The minimum Gasteiger partial charge on any atom is -0.491 e. The Hall–Kier alpha value is -1.60. The summed E-state index contributed by atoms with van der Waals surface area (Å²) in [6.07, 6.45) is 0.871. The lowest BCUT2D eigenvalue weighted by Gasteiger charge is -2.20. The van der Waals surface area contributed by atoms with Gasteiger partial charge in [0, 0.05) is 26.6 Å². The van der Waals surface area contributed by atoms with Gasteiger partial charge in [0.25, 0.3) is 0 Å². The molecule has 0 unspecified atom stereocenters. The zero-order valence-electron chi connectivity index (χ0n) is 14.2. The van der Waals surface area contributed by atoms with Crippen LogP contribution in [0.5, 0.6) is 5.75 Å². The molecule has 6 nitrogen and oxygen atoms in total. The highest BCUT2D eigenvalue weighted by molar-refractivity contribution is 7.89. The zero-order valence-corrected chi connectivity index (χ0v) is 15.0. The maximum Gasteiger partial charge on any atom is 0.240 e. The summed E-state index contributed by atoms with van der Waals surface area (Å²) in [5.41, 5.74) is 0. The molecule has 0 saturated carbocycles. The number of carbonyl (C=O) groups excluding carboxylic acids is 1. The number of nitrogens with zero attached hydrogens (tertiary/aromatic N) is 1. The maximum atomic E-state index is 12.2. The van der Waals surface area contributed by atoms with Gasteiger partial charge in [-0.1, -0.05) is 6.92 Å². The first kappa shape index (κ1) is 19.4. The Labute approximate surface area is 138 Å². The Morgan fingerprint density at radius 1 is 1.22 bits per heavy atom. The zero-order chi connectivity index (χ0) is 17.5. The third-order valence-electron chi connectivity index (χ3n) is 3.12. The van der Waals surface area contributed by atoms with E-state index in [0.717, 1.165) is 6.42 Å². The van der Waals surface area contributed by atoms with Gasteiger partial charge in [-0.05, 0) is 44.5 Å². The summed E-state index contributed by atoms with van der Waals surface area (Å²) in [6.45, 7) is 8.44. The van der Waals surface area contributed by atoms with E-state index in [2.05, 4.69) is 4.72 Å². The average molecular weight is 342 g/mol. The molecule has 0 aliphatic rings. The molecule has 0 aliphatic carbocycles. The van der Waals surface area contributed by atoms with Crippen LogP contribution in [0.3, 0.4) is 0 Å². The SMILES string of the molecule is CCCN(CCNS(=O)(=O)c1ccc(OC(C)C)cc1)C(C)=O. The molecule has 23 heavy (non-hydrogen) atoms. The van der Waals surface area contributed by atoms with E-state index in [1.807, 2.05) is 20.8 Å². The smallest absolute Gasteiger partial charge is 0.240 e. The summed E-state index contributed by atoms with van der Waals surface area (Å²) in [7, 11) is -3.59. The van der Waals surface area contributed by atoms with Gasteiger partial charge in [0.15, 0.2) is 0 Å². The van der Waals surface area contributed by atoms with Crippen LogP contribution in [-0.4, -0.2) is 45.0 Å². The number of sulfonamides is 1. The van der Waals surface area contributed by atoms with Gasteiger partial charge >= 0.3 is 0 Å². The third-order valence-corrected chi connectivity index (χ3v) is 4.60. The molecule has 0 bridgehead atoms. The number of benzene rings is 1. The number of nitrogens with one attached hydrogen (secondary N) is 1. The minimum absolute atomic E-state index is 0.0340. The van der Waals surface area contributed by atoms with Crippen molar-refractivity contribution in [3.63, 3.8) is 0 Å². The van der Waals surface area contributed by atoms with Gasteiger partial charge in [-0.3, -0.25) is 4.79 Å². The van der Waals surface area contributed by atoms with Gasteiger partial charge in [-0.15, -0.1) is 0 Å². The average Bonchev–Trinajstić information content (AvgIpc) is 2.46. The molecular weight excluding hydrogens is 316 g/mol. The normalized spacial score (nSPS) is 11.5. The van der Waals surface area contributed by atoms with Crippen molar-refractivity contribution in [1.82, 2.24) is 9.62 Å². The van der Waals surface area contributed by atoms with E-state index in [1.54, 1.807) is 17.0 Å². The fourth-order valence-corrected chi connectivity index (χ4v) is 3.09. The van der Waals surface area contributed by atoms with E-state index in [4.69, 9.17) is 4.74 Å². The predicted octanol–water partition coefficient (Wildman–Crippen LogP) is 2.01. The molecule has 0 radical (unpaired) electrons. The highest BCUT2D eigenvalue weighted by Gasteiger charge is 2.15. The predicted molar refractivity (Wildman–Crippen MR) is 89.9 cm³/mol. The van der Waals surface area contributed by atoms with Gasteiger partial charge in [-0.25, -0.2) is 13.1 Å². The van der Waals surface area contributed by atoms with Crippen LogP contribution >= 0.6 is 0 Å². The van der Waals surface area contributed by atoms with Gasteiger partial charge in [0.2, 0.25) is 15.9 Å². The lowest BCUT2D eigenvalue weighted by Crippen LogP contribution is -2.37. The van der Waals surface area contributed by atoms with E-state index in [1.165, 1.54) is 19.1 Å². The van der Waals surface area contributed by atoms with Crippen LogP contribution in [0.4, 0.5) is 0 Å². The standard InChI is InChI=1S/C16H26N2O4S/c1-5-11-18(14(4)19)12-10-17-23(20,21)16-8-6-15(7-9-16)22-13(2)3/h6-9,13,17H,5,10-12H2,1-4H3. The first-order valence-corrected chi connectivity index (χ1v) is 9.26. The van der Waals surface area contributed by atoms with Crippen LogP contribution in [0.1, 0.15) is 34.1 Å². The van der Waals surface area contributed by atoms with E-state index < -0.39 is 10.0 Å². The first-order valence-electron chi connectivity index (χ1n) is 7.78. The molecule has 0 heterocycles. The molecule has 1 rings (SSSR count). The first-order chi connectivity index (χ1) is 10.8. The molecule has 0 aliphatic heterocycles. The molecule has 0 aromatic heterocycles. The van der Waals surface area contributed by atoms with Gasteiger partial charge in [-0.2, -0.15) is 0 Å². The molecule has 1 aromatic carbocycles. The Morgan fingerprint density at radius 2 is 1.83 bits per heavy atom. The molecular formula is C16H26N2O4S. The number of rotatable bonds is 9. The molecule has 0 fully saturated rings. The number of hydrogen-bond donors (Lipinski definition) is 1. The van der Waals surface area contributed by atoms with Crippen LogP contribution < -0.4 is 9.46 Å². The van der Waals surface area contributed by atoms with E-state index >= 15 is 0 Å². The van der Waals surface area contributed by atoms with Crippen molar-refractivity contribution in [2.45, 2.75) is 45.1 Å². The van der Waals surface area contributed by atoms with E-state index in [0.29, 0.717) is 18.8 Å². The second-order valence-electron chi connectivity index (χ2n) is 5.54.